The van der Waals surface area contributed by atoms with Crippen molar-refractivity contribution in [3.05, 3.63) is 0 Å². The minimum absolute atomic E-state index is 0.107. The second kappa shape index (κ2) is 6.86. The Balaban J connectivity index is 3.98. The van der Waals surface area contributed by atoms with E-state index in [1.165, 1.54) is 20.5 Å². The van der Waals surface area contributed by atoms with E-state index in [2.05, 4.69) is 4.74 Å². The van der Waals surface area contributed by atoms with Crippen LogP contribution in [-0.4, -0.2) is 29.8 Å². The van der Waals surface area contributed by atoms with Gasteiger partial charge in [-0.2, -0.15) is 5.26 Å². The Labute approximate surface area is 79.5 Å². The zero-order valence-electron chi connectivity index (χ0n) is 8.20. The predicted octanol–water partition coefficient (Wildman–Crippen LogP) is 1.10. The molecule has 0 aromatic heterocycles. The van der Waals surface area contributed by atoms with Gasteiger partial charge in [0.25, 0.3) is 6.26 Å². The fourth-order valence-electron chi connectivity index (χ4n) is 0.929. The molecule has 0 atom stereocenters. The molecular weight excluding hydrogens is 190 g/mol. The number of rotatable bonds is 7. The Morgan fingerprint density at radius 3 is 2.31 bits per heavy atom. The van der Waals surface area contributed by atoms with Gasteiger partial charge in [-0.15, -0.1) is 0 Å². The molecule has 0 radical (unpaired) electrons. The minimum atomic E-state index is -2.56. The van der Waals surface area contributed by atoms with Crippen molar-refractivity contribution in [2.45, 2.75) is 19.4 Å². The van der Waals surface area contributed by atoms with E-state index >= 15 is 0 Å². The van der Waals surface area contributed by atoms with Crippen molar-refractivity contribution >= 4 is 8.80 Å². The van der Waals surface area contributed by atoms with Crippen LogP contribution in [0, 0.1) is 11.5 Å². The first-order chi connectivity index (χ1) is 6.24. The summed E-state index contributed by atoms with van der Waals surface area (Å²) in [7, 11) is 0.522. The number of nitriles is 1. The van der Waals surface area contributed by atoms with Crippen molar-refractivity contribution in [1.29, 1.82) is 5.26 Å². The summed E-state index contributed by atoms with van der Waals surface area (Å²) in [6.07, 6.45) is 2.42. The van der Waals surface area contributed by atoms with Crippen LogP contribution in [0.25, 0.3) is 0 Å². The van der Waals surface area contributed by atoms with E-state index in [0.29, 0.717) is 0 Å². The lowest BCUT2D eigenvalue weighted by atomic mass is 10.6. The molecule has 0 aliphatic carbocycles. The van der Waals surface area contributed by atoms with E-state index in [-0.39, 0.29) is 6.79 Å². The van der Waals surface area contributed by atoms with Crippen LogP contribution in [0.15, 0.2) is 0 Å². The van der Waals surface area contributed by atoms with E-state index in [1.54, 1.807) is 0 Å². The van der Waals surface area contributed by atoms with Gasteiger partial charge < -0.3 is 18.0 Å². The van der Waals surface area contributed by atoms with Crippen LogP contribution in [-0.2, 0) is 18.0 Å². The van der Waals surface area contributed by atoms with Crippen molar-refractivity contribution in [1.82, 2.24) is 0 Å². The summed E-state index contributed by atoms with van der Waals surface area (Å²) in [5.41, 5.74) is 0. The molecule has 0 aliphatic heterocycles. The SMILES string of the molecule is CCC[Si](OC)(OC)OCOC#N. The molecule has 0 unspecified atom stereocenters. The van der Waals surface area contributed by atoms with Crippen LogP contribution >= 0.6 is 0 Å². The van der Waals surface area contributed by atoms with Crippen LogP contribution in [0.2, 0.25) is 6.04 Å². The number of ether oxygens (including phenoxy) is 1. The minimum Gasteiger partial charge on any atom is -0.399 e. The molecule has 0 rings (SSSR count). The largest absolute Gasteiger partial charge is 0.502 e. The maximum atomic E-state index is 8.12. The van der Waals surface area contributed by atoms with Gasteiger partial charge in [-0.05, 0) is 0 Å². The van der Waals surface area contributed by atoms with Crippen LogP contribution < -0.4 is 0 Å². The zero-order valence-corrected chi connectivity index (χ0v) is 9.20. The molecule has 0 fully saturated rings. The zero-order chi connectivity index (χ0) is 10.2. The topological polar surface area (TPSA) is 60.7 Å². The molecule has 5 nitrogen and oxygen atoms in total. The summed E-state index contributed by atoms with van der Waals surface area (Å²) in [6, 6.07) is 0.717. The molecule has 6 heteroatoms. The van der Waals surface area contributed by atoms with Gasteiger partial charge in [0.1, 0.15) is 0 Å². The molecule has 76 valence electrons. The smallest absolute Gasteiger partial charge is 0.399 e. The van der Waals surface area contributed by atoms with E-state index < -0.39 is 8.80 Å². The van der Waals surface area contributed by atoms with Gasteiger partial charge in [0.2, 0.25) is 0 Å². The maximum absolute atomic E-state index is 8.12. The van der Waals surface area contributed by atoms with Gasteiger partial charge in [-0.1, -0.05) is 13.3 Å². The molecule has 0 amide bonds. The Hall–Kier alpha value is -0.613. The first kappa shape index (κ1) is 12.4. The summed E-state index contributed by atoms with van der Waals surface area (Å²) in [4.78, 5) is 0. The third kappa shape index (κ3) is 4.24. The number of hydrogen-bond acceptors (Lipinski definition) is 5. The average Bonchev–Trinajstić information content (AvgIpc) is 2.17. The lowest BCUT2D eigenvalue weighted by molar-refractivity contribution is 0.0125. The van der Waals surface area contributed by atoms with Gasteiger partial charge in [-0.3, -0.25) is 0 Å². The van der Waals surface area contributed by atoms with Crippen LogP contribution in [0.4, 0.5) is 0 Å². The van der Waals surface area contributed by atoms with Gasteiger partial charge in [0.05, 0.1) is 0 Å². The lowest BCUT2D eigenvalue weighted by Crippen LogP contribution is -2.44. The highest BCUT2D eigenvalue weighted by Gasteiger charge is 2.38. The highest BCUT2D eigenvalue weighted by Crippen LogP contribution is 2.15. The summed E-state index contributed by atoms with van der Waals surface area (Å²) < 4.78 is 20.0. The third-order valence-electron chi connectivity index (χ3n) is 1.58. The lowest BCUT2D eigenvalue weighted by Gasteiger charge is -2.24. The summed E-state index contributed by atoms with van der Waals surface area (Å²) in [5.74, 6) is 0. The number of hydrogen-bond donors (Lipinski definition) is 0. The normalized spacial score (nSPS) is 10.9. The highest BCUT2D eigenvalue weighted by molar-refractivity contribution is 6.60. The van der Waals surface area contributed by atoms with Crippen molar-refractivity contribution < 1.29 is 18.0 Å². The summed E-state index contributed by atoms with van der Waals surface area (Å²) >= 11 is 0. The van der Waals surface area contributed by atoms with Crippen LogP contribution in [0.3, 0.4) is 0 Å². The Morgan fingerprint density at radius 2 is 1.92 bits per heavy atom. The van der Waals surface area contributed by atoms with Crippen molar-refractivity contribution in [2.75, 3.05) is 21.0 Å². The maximum Gasteiger partial charge on any atom is 0.502 e. The van der Waals surface area contributed by atoms with Crippen molar-refractivity contribution in [3.8, 4) is 6.26 Å². The highest BCUT2D eigenvalue weighted by atomic mass is 28.4. The third-order valence-corrected chi connectivity index (χ3v) is 4.49. The first-order valence-corrected chi connectivity index (χ1v) is 5.93. The molecule has 0 heterocycles. The standard InChI is InChI=1S/C7H15NO4Si/c1-4-5-13(9-2,10-3)12-7-11-6-8/h4-5,7H2,1-3H3. The molecule has 0 saturated heterocycles. The molecule has 0 spiro atoms. The molecule has 0 aromatic rings. The fourth-order valence-corrected chi connectivity index (χ4v) is 2.74. The van der Waals surface area contributed by atoms with Gasteiger partial charge in [0, 0.05) is 20.3 Å². The van der Waals surface area contributed by atoms with Gasteiger partial charge >= 0.3 is 8.80 Å². The van der Waals surface area contributed by atoms with Crippen molar-refractivity contribution in [3.63, 3.8) is 0 Å². The second-order valence-electron chi connectivity index (χ2n) is 2.34. The molecule has 0 N–H and O–H groups in total. The predicted molar refractivity (Wildman–Crippen MR) is 47.5 cm³/mol. The first-order valence-electron chi connectivity index (χ1n) is 3.99. The second-order valence-corrected chi connectivity index (χ2v) is 5.31. The Kier molecular flexibility index (Phi) is 6.53. The Morgan fingerprint density at radius 1 is 1.31 bits per heavy atom. The molecule has 13 heavy (non-hydrogen) atoms. The van der Waals surface area contributed by atoms with Crippen LogP contribution in [0.1, 0.15) is 13.3 Å². The molecule has 0 bridgehead atoms. The van der Waals surface area contributed by atoms with E-state index in [0.717, 1.165) is 12.5 Å². The fraction of sp³-hybridized carbons (Fsp3) is 0.857. The summed E-state index contributed by atoms with van der Waals surface area (Å²) in [5, 5.41) is 8.12. The monoisotopic (exact) mass is 205 g/mol. The molecule has 0 aliphatic rings. The number of nitrogens with zero attached hydrogens (tertiary/aromatic N) is 1. The molecule has 0 saturated carbocycles. The molecule has 0 aromatic carbocycles. The van der Waals surface area contributed by atoms with Crippen LogP contribution in [0.5, 0.6) is 0 Å². The van der Waals surface area contributed by atoms with E-state index in [9.17, 15) is 0 Å². The Bertz CT molecular complexity index is 166. The summed E-state index contributed by atoms with van der Waals surface area (Å²) in [6.45, 7) is 1.90. The van der Waals surface area contributed by atoms with Gasteiger partial charge in [-0.25, -0.2) is 0 Å². The van der Waals surface area contributed by atoms with E-state index in [4.69, 9.17) is 18.5 Å². The quantitative estimate of drug-likeness (QED) is 0.269. The van der Waals surface area contributed by atoms with Crippen molar-refractivity contribution in [2.24, 2.45) is 0 Å². The molecular formula is C7H15NO4Si. The van der Waals surface area contributed by atoms with Gasteiger partial charge in [0.15, 0.2) is 6.79 Å². The average molecular weight is 205 g/mol. The van der Waals surface area contributed by atoms with E-state index in [1.807, 2.05) is 6.92 Å².